The average molecular weight is 250 g/mol. The summed E-state index contributed by atoms with van der Waals surface area (Å²) in [5, 5.41) is 9.88. The molecular formula is C14H18O4. The van der Waals surface area contributed by atoms with Crippen LogP contribution in [0.15, 0.2) is 36.6 Å². The van der Waals surface area contributed by atoms with E-state index in [1.54, 1.807) is 19.4 Å². The molecule has 0 spiro atoms. The largest absolute Gasteiger partial charge is 0.497 e. The number of methoxy groups -OCH3 is 1. The standard InChI is InChI=1S/C14H18O4/c1-10-14(15)13(7-8-17-10)18-9-11-3-5-12(16-2)6-4-11/h3-8,10,13-15H,9H2,1-2H3/t10-,13-,14+/m1/s1. The van der Waals surface area contributed by atoms with Crippen molar-refractivity contribution in [3.05, 3.63) is 42.2 Å². The van der Waals surface area contributed by atoms with Gasteiger partial charge in [-0.2, -0.15) is 0 Å². The number of rotatable bonds is 4. The van der Waals surface area contributed by atoms with Gasteiger partial charge < -0.3 is 19.3 Å². The van der Waals surface area contributed by atoms with Crippen molar-refractivity contribution < 1.29 is 19.3 Å². The van der Waals surface area contributed by atoms with Gasteiger partial charge in [0, 0.05) is 0 Å². The van der Waals surface area contributed by atoms with Gasteiger partial charge in [-0.25, -0.2) is 0 Å². The third-order valence-corrected chi connectivity index (χ3v) is 2.98. The average Bonchev–Trinajstić information content (AvgIpc) is 2.41. The smallest absolute Gasteiger partial charge is 0.124 e. The fourth-order valence-electron chi connectivity index (χ4n) is 1.78. The molecule has 1 heterocycles. The number of aliphatic hydroxyl groups is 1. The molecule has 1 aromatic carbocycles. The topological polar surface area (TPSA) is 47.9 Å². The monoisotopic (exact) mass is 250 g/mol. The molecule has 1 aromatic rings. The summed E-state index contributed by atoms with van der Waals surface area (Å²) in [5.74, 6) is 0.818. The molecule has 1 aliphatic rings. The quantitative estimate of drug-likeness (QED) is 0.886. The van der Waals surface area contributed by atoms with E-state index in [-0.39, 0.29) is 12.2 Å². The molecule has 3 atom stereocenters. The maximum absolute atomic E-state index is 9.88. The second-order valence-corrected chi connectivity index (χ2v) is 4.28. The summed E-state index contributed by atoms with van der Waals surface area (Å²) in [6.45, 7) is 2.26. The Labute approximate surface area is 107 Å². The lowest BCUT2D eigenvalue weighted by Crippen LogP contribution is -2.39. The van der Waals surface area contributed by atoms with Crippen LogP contribution < -0.4 is 4.74 Å². The zero-order valence-electron chi connectivity index (χ0n) is 10.6. The van der Waals surface area contributed by atoms with Crippen LogP contribution in [-0.2, 0) is 16.1 Å². The minimum atomic E-state index is -0.631. The summed E-state index contributed by atoms with van der Waals surface area (Å²) in [6, 6.07) is 7.66. The molecular weight excluding hydrogens is 232 g/mol. The molecule has 0 unspecified atom stereocenters. The van der Waals surface area contributed by atoms with E-state index in [2.05, 4.69) is 0 Å². The third-order valence-electron chi connectivity index (χ3n) is 2.98. The van der Waals surface area contributed by atoms with E-state index in [9.17, 15) is 5.11 Å². The number of aliphatic hydroxyl groups excluding tert-OH is 1. The first-order chi connectivity index (χ1) is 8.70. The predicted molar refractivity (Wildman–Crippen MR) is 67.3 cm³/mol. The molecule has 1 N–H and O–H groups in total. The van der Waals surface area contributed by atoms with Crippen LogP contribution in [0.25, 0.3) is 0 Å². The molecule has 0 aliphatic carbocycles. The molecule has 0 radical (unpaired) electrons. The summed E-state index contributed by atoms with van der Waals surface area (Å²) in [7, 11) is 1.63. The van der Waals surface area contributed by atoms with Crippen LogP contribution in [0.2, 0.25) is 0 Å². The van der Waals surface area contributed by atoms with Crippen LogP contribution in [0.1, 0.15) is 12.5 Å². The summed E-state index contributed by atoms with van der Waals surface area (Å²) in [6.07, 6.45) is 2.12. The summed E-state index contributed by atoms with van der Waals surface area (Å²) in [4.78, 5) is 0. The van der Waals surface area contributed by atoms with Gasteiger partial charge in [-0.1, -0.05) is 12.1 Å². The van der Waals surface area contributed by atoms with Crippen molar-refractivity contribution in [2.75, 3.05) is 7.11 Å². The number of hydrogen-bond acceptors (Lipinski definition) is 4. The third kappa shape index (κ3) is 3.03. The lowest BCUT2D eigenvalue weighted by molar-refractivity contribution is -0.0869. The van der Waals surface area contributed by atoms with Gasteiger partial charge in [0.15, 0.2) is 0 Å². The zero-order chi connectivity index (χ0) is 13.0. The number of hydrogen-bond donors (Lipinski definition) is 1. The van der Waals surface area contributed by atoms with Crippen LogP contribution in [0.5, 0.6) is 5.75 Å². The van der Waals surface area contributed by atoms with Crippen molar-refractivity contribution in [3.63, 3.8) is 0 Å². The van der Waals surface area contributed by atoms with Crippen molar-refractivity contribution in [1.29, 1.82) is 0 Å². The maximum atomic E-state index is 9.88. The van der Waals surface area contributed by atoms with Gasteiger partial charge in [-0.05, 0) is 30.7 Å². The van der Waals surface area contributed by atoms with Crippen molar-refractivity contribution in [3.8, 4) is 5.75 Å². The van der Waals surface area contributed by atoms with Gasteiger partial charge in [0.25, 0.3) is 0 Å². The van der Waals surface area contributed by atoms with E-state index in [1.807, 2.05) is 31.2 Å². The minimum absolute atomic E-state index is 0.240. The first-order valence-electron chi connectivity index (χ1n) is 5.95. The van der Waals surface area contributed by atoms with Gasteiger partial charge in [0.05, 0.1) is 20.0 Å². The van der Waals surface area contributed by atoms with Gasteiger partial charge in [-0.3, -0.25) is 0 Å². The predicted octanol–water partition coefficient (Wildman–Crippen LogP) is 1.87. The second-order valence-electron chi connectivity index (χ2n) is 4.28. The van der Waals surface area contributed by atoms with Crippen LogP contribution >= 0.6 is 0 Å². The summed E-state index contributed by atoms with van der Waals surface area (Å²) in [5.41, 5.74) is 1.04. The normalized spacial score (nSPS) is 26.7. The van der Waals surface area contributed by atoms with E-state index < -0.39 is 6.10 Å². The van der Waals surface area contributed by atoms with Gasteiger partial charge in [0.1, 0.15) is 24.1 Å². The van der Waals surface area contributed by atoms with Crippen molar-refractivity contribution in [1.82, 2.24) is 0 Å². The Kier molecular flexibility index (Phi) is 4.23. The highest BCUT2D eigenvalue weighted by molar-refractivity contribution is 5.26. The summed E-state index contributed by atoms with van der Waals surface area (Å²) < 4.78 is 15.9. The first kappa shape index (κ1) is 12.9. The van der Waals surface area contributed by atoms with Crippen LogP contribution in [0.3, 0.4) is 0 Å². The van der Waals surface area contributed by atoms with Crippen LogP contribution in [0, 0.1) is 0 Å². The zero-order valence-corrected chi connectivity index (χ0v) is 10.6. The Morgan fingerprint density at radius 3 is 2.67 bits per heavy atom. The molecule has 0 amide bonds. The van der Waals surface area contributed by atoms with Gasteiger partial charge in [0.2, 0.25) is 0 Å². The molecule has 4 nitrogen and oxygen atoms in total. The van der Waals surface area contributed by atoms with Crippen molar-refractivity contribution in [2.24, 2.45) is 0 Å². The second kappa shape index (κ2) is 5.89. The first-order valence-corrected chi connectivity index (χ1v) is 5.95. The van der Waals surface area contributed by atoms with Crippen LogP contribution in [-0.4, -0.2) is 30.5 Å². The fraction of sp³-hybridized carbons (Fsp3) is 0.429. The Bertz CT molecular complexity index is 399. The molecule has 0 saturated carbocycles. The highest BCUT2D eigenvalue weighted by Gasteiger charge is 2.27. The molecule has 18 heavy (non-hydrogen) atoms. The molecule has 98 valence electrons. The Morgan fingerprint density at radius 2 is 2.00 bits per heavy atom. The van der Waals surface area contributed by atoms with E-state index in [0.29, 0.717) is 6.61 Å². The number of benzene rings is 1. The van der Waals surface area contributed by atoms with Gasteiger partial charge >= 0.3 is 0 Å². The highest BCUT2D eigenvalue weighted by atomic mass is 16.5. The fourth-order valence-corrected chi connectivity index (χ4v) is 1.78. The molecule has 0 bridgehead atoms. The Hall–Kier alpha value is -1.52. The van der Waals surface area contributed by atoms with E-state index >= 15 is 0 Å². The van der Waals surface area contributed by atoms with E-state index in [4.69, 9.17) is 14.2 Å². The van der Waals surface area contributed by atoms with E-state index in [0.717, 1.165) is 11.3 Å². The Balaban J connectivity index is 1.90. The Morgan fingerprint density at radius 1 is 1.28 bits per heavy atom. The lowest BCUT2D eigenvalue weighted by Gasteiger charge is -2.28. The minimum Gasteiger partial charge on any atom is -0.497 e. The number of ether oxygens (including phenoxy) is 3. The molecule has 2 rings (SSSR count). The molecule has 1 aliphatic heterocycles. The van der Waals surface area contributed by atoms with Crippen molar-refractivity contribution >= 4 is 0 Å². The lowest BCUT2D eigenvalue weighted by atomic mass is 10.1. The summed E-state index contributed by atoms with van der Waals surface area (Å²) >= 11 is 0. The highest BCUT2D eigenvalue weighted by Crippen LogP contribution is 2.17. The molecule has 0 fully saturated rings. The molecule has 0 aromatic heterocycles. The molecule has 0 saturated heterocycles. The molecule has 4 heteroatoms. The maximum Gasteiger partial charge on any atom is 0.124 e. The SMILES string of the molecule is COc1ccc(CO[C@@H]2C=CO[C@H](C)[C@@H]2O)cc1. The van der Waals surface area contributed by atoms with Gasteiger partial charge in [-0.15, -0.1) is 0 Å². The van der Waals surface area contributed by atoms with Crippen molar-refractivity contribution in [2.45, 2.75) is 31.8 Å². The van der Waals surface area contributed by atoms with E-state index in [1.165, 1.54) is 0 Å². The van der Waals surface area contributed by atoms with Crippen LogP contribution in [0.4, 0.5) is 0 Å².